The number of fused-ring (bicyclic) bond motifs is 2. The summed E-state index contributed by atoms with van der Waals surface area (Å²) in [6.45, 7) is 4.82. The summed E-state index contributed by atoms with van der Waals surface area (Å²) >= 11 is 0. The maximum atomic E-state index is 12.6. The van der Waals surface area contributed by atoms with Crippen molar-refractivity contribution >= 4 is 5.97 Å². The van der Waals surface area contributed by atoms with E-state index in [4.69, 9.17) is 4.74 Å². The summed E-state index contributed by atoms with van der Waals surface area (Å²) in [5.41, 5.74) is 0.658. The van der Waals surface area contributed by atoms with Crippen LogP contribution in [0.1, 0.15) is 32.1 Å². The molecule has 1 aliphatic heterocycles. The number of azo groups is 1. The Morgan fingerprint density at radius 3 is 3.11 bits per heavy atom. The number of nitrogens with zero attached hydrogens (tertiary/aromatic N) is 2. The molecule has 4 heteroatoms. The molecule has 3 saturated carbocycles. The monoisotopic (exact) mass is 260 g/mol. The zero-order valence-corrected chi connectivity index (χ0v) is 11.4. The van der Waals surface area contributed by atoms with E-state index in [0.29, 0.717) is 24.3 Å². The first kappa shape index (κ1) is 11.6. The first-order valence-electron chi connectivity index (χ1n) is 7.30. The minimum atomic E-state index is -0.456. The van der Waals surface area contributed by atoms with Crippen molar-refractivity contribution in [3.63, 3.8) is 0 Å². The zero-order valence-electron chi connectivity index (χ0n) is 11.4. The van der Waals surface area contributed by atoms with Crippen LogP contribution in [0.4, 0.5) is 0 Å². The molecule has 2 bridgehead atoms. The van der Waals surface area contributed by atoms with Gasteiger partial charge in [0.05, 0.1) is 13.7 Å². The molecule has 3 aliphatic carbocycles. The summed E-state index contributed by atoms with van der Waals surface area (Å²) in [5, 5.41) is 8.95. The van der Waals surface area contributed by atoms with Crippen molar-refractivity contribution in [2.24, 2.45) is 33.4 Å². The van der Waals surface area contributed by atoms with Gasteiger partial charge in [-0.05, 0) is 49.9 Å². The van der Waals surface area contributed by atoms with Crippen LogP contribution in [-0.4, -0.2) is 25.2 Å². The van der Waals surface area contributed by atoms with E-state index in [-0.39, 0.29) is 11.5 Å². The van der Waals surface area contributed by atoms with E-state index >= 15 is 0 Å². The Bertz CT molecular complexity index is 500. The van der Waals surface area contributed by atoms with Crippen molar-refractivity contribution < 1.29 is 9.53 Å². The summed E-state index contributed by atoms with van der Waals surface area (Å²) in [6.07, 6.45) is 5.32. The second kappa shape index (κ2) is 3.47. The smallest absolute Gasteiger partial charge is 0.316 e. The molecule has 0 amide bonds. The Balaban J connectivity index is 1.89. The molecule has 5 atom stereocenters. The van der Waals surface area contributed by atoms with Gasteiger partial charge < -0.3 is 4.74 Å². The largest absolute Gasteiger partial charge is 0.468 e. The third-order valence-electron chi connectivity index (χ3n) is 6.40. The second-order valence-electron chi connectivity index (χ2n) is 6.67. The average molecular weight is 260 g/mol. The second-order valence-corrected chi connectivity index (χ2v) is 6.67. The number of esters is 1. The molecule has 4 rings (SSSR count). The van der Waals surface area contributed by atoms with Crippen LogP contribution in [0, 0.1) is 23.2 Å². The predicted octanol–water partition coefficient (Wildman–Crippen LogP) is 2.75. The molecule has 0 unspecified atom stereocenters. The van der Waals surface area contributed by atoms with E-state index in [9.17, 15) is 4.79 Å². The first-order valence-corrected chi connectivity index (χ1v) is 7.30. The number of hydrogen-bond donors (Lipinski definition) is 0. The van der Waals surface area contributed by atoms with Gasteiger partial charge in [-0.1, -0.05) is 12.2 Å². The summed E-state index contributed by atoms with van der Waals surface area (Å²) < 4.78 is 5.18. The van der Waals surface area contributed by atoms with Crippen LogP contribution in [0.25, 0.3) is 0 Å². The lowest BCUT2D eigenvalue weighted by molar-refractivity contribution is -0.157. The Morgan fingerprint density at radius 1 is 1.47 bits per heavy atom. The number of rotatable bonds is 1. The normalized spacial score (nSPS) is 50.2. The number of ether oxygens (including phenoxy) is 1. The predicted molar refractivity (Wildman–Crippen MR) is 69.6 cm³/mol. The number of carbonyl (C=O) groups excluding carboxylic acids is 1. The van der Waals surface area contributed by atoms with Crippen LogP contribution in [-0.2, 0) is 9.53 Å². The number of hydrogen-bond acceptors (Lipinski definition) is 4. The number of allylic oxidation sites excluding steroid dienone is 1. The van der Waals surface area contributed by atoms with Crippen molar-refractivity contribution in [2.75, 3.05) is 13.7 Å². The highest BCUT2D eigenvalue weighted by atomic mass is 16.5. The van der Waals surface area contributed by atoms with Crippen molar-refractivity contribution in [1.29, 1.82) is 0 Å². The molecular weight excluding hydrogens is 240 g/mol. The van der Waals surface area contributed by atoms with Gasteiger partial charge in [0.2, 0.25) is 0 Å². The first-order chi connectivity index (χ1) is 9.15. The lowest BCUT2D eigenvalue weighted by Crippen LogP contribution is -2.52. The van der Waals surface area contributed by atoms with Crippen LogP contribution in [0.5, 0.6) is 0 Å². The molecule has 3 fully saturated rings. The molecule has 4 aliphatic rings. The molecule has 0 aromatic heterocycles. The van der Waals surface area contributed by atoms with Crippen LogP contribution in [0.15, 0.2) is 22.4 Å². The number of methoxy groups -OCH3 is 1. The fraction of sp³-hybridized carbons (Fsp3) is 0.800. The molecular formula is C15H20N2O2. The van der Waals surface area contributed by atoms with Gasteiger partial charge in [0.1, 0.15) is 11.0 Å². The van der Waals surface area contributed by atoms with E-state index in [1.807, 2.05) is 0 Å². The Kier molecular flexibility index (Phi) is 2.12. The van der Waals surface area contributed by atoms with Gasteiger partial charge >= 0.3 is 5.97 Å². The summed E-state index contributed by atoms with van der Waals surface area (Å²) in [5.74, 6) is 1.33. The summed E-state index contributed by atoms with van der Waals surface area (Å²) in [6, 6.07) is 0. The van der Waals surface area contributed by atoms with E-state index in [0.717, 1.165) is 32.1 Å². The van der Waals surface area contributed by atoms with Crippen LogP contribution < -0.4 is 0 Å². The Hall–Kier alpha value is -1.19. The Labute approximate surface area is 113 Å². The van der Waals surface area contributed by atoms with Crippen molar-refractivity contribution in [2.45, 2.75) is 37.6 Å². The van der Waals surface area contributed by atoms with Crippen molar-refractivity contribution in [1.82, 2.24) is 0 Å². The fourth-order valence-corrected chi connectivity index (χ4v) is 5.61. The molecule has 0 N–H and O–H groups in total. The van der Waals surface area contributed by atoms with E-state index in [2.05, 4.69) is 16.8 Å². The summed E-state index contributed by atoms with van der Waals surface area (Å²) in [4.78, 5) is 12.6. The van der Waals surface area contributed by atoms with Gasteiger partial charge in [-0.25, -0.2) is 0 Å². The highest BCUT2D eigenvalue weighted by molar-refractivity contribution is 5.81. The standard InChI is InChI=1S/C15H20N2O2/c1-9-3-4-10-7-12-11(9)5-6-15(12)14(10,8-16-17-15)13(18)19-2/h10-12H,1,3-8H2,2H3/t10-,11+,12-,14+,15-/m1/s1. The highest BCUT2D eigenvalue weighted by Gasteiger charge is 2.75. The summed E-state index contributed by atoms with van der Waals surface area (Å²) in [7, 11) is 1.50. The van der Waals surface area contributed by atoms with E-state index in [1.54, 1.807) is 0 Å². The van der Waals surface area contributed by atoms with E-state index < -0.39 is 5.41 Å². The average Bonchev–Trinajstić information content (AvgIpc) is 2.98. The lowest BCUT2D eigenvalue weighted by Gasteiger charge is -2.39. The van der Waals surface area contributed by atoms with Crippen LogP contribution >= 0.6 is 0 Å². The van der Waals surface area contributed by atoms with Crippen molar-refractivity contribution in [3.8, 4) is 0 Å². The molecule has 19 heavy (non-hydrogen) atoms. The molecule has 102 valence electrons. The van der Waals surface area contributed by atoms with Gasteiger partial charge in [0.15, 0.2) is 0 Å². The molecule has 4 nitrogen and oxygen atoms in total. The maximum absolute atomic E-state index is 12.6. The lowest BCUT2D eigenvalue weighted by atomic mass is 9.64. The SMILES string of the molecule is C=C1CC[C@@H]2C[C@@H]3[C@H]1CC[C@@]31N=NC[C@@]21C(=O)OC. The van der Waals surface area contributed by atoms with E-state index in [1.165, 1.54) is 12.7 Å². The van der Waals surface area contributed by atoms with Gasteiger partial charge in [-0.2, -0.15) is 10.2 Å². The molecule has 0 saturated heterocycles. The van der Waals surface area contributed by atoms with Crippen molar-refractivity contribution in [3.05, 3.63) is 12.2 Å². The third-order valence-corrected chi connectivity index (χ3v) is 6.40. The Morgan fingerprint density at radius 2 is 2.32 bits per heavy atom. The molecule has 0 aromatic rings. The van der Waals surface area contributed by atoms with Gasteiger partial charge in [0.25, 0.3) is 0 Å². The fourth-order valence-electron chi connectivity index (χ4n) is 5.61. The third kappa shape index (κ3) is 1.07. The molecule has 1 spiro atoms. The molecule has 1 heterocycles. The number of carbonyl (C=O) groups is 1. The van der Waals surface area contributed by atoms with Gasteiger partial charge in [-0.15, -0.1) is 0 Å². The molecule has 0 aromatic carbocycles. The van der Waals surface area contributed by atoms with Gasteiger partial charge in [0, 0.05) is 0 Å². The highest BCUT2D eigenvalue weighted by Crippen LogP contribution is 2.70. The minimum absolute atomic E-state index is 0.0711. The molecule has 0 radical (unpaired) electrons. The van der Waals surface area contributed by atoms with Gasteiger partial charge in [-0.3, -0.25) is 4.79 Å². The minimum Gasteiger partial charge on any atom is -0.468 e. The topological polar surface area (TPSA) is 51.0 Å². The van der Waals surface area contributed by atoms with Crippen LogP contribution in [0.2, 0.25) is 0 Å². The van der Waals surface area contributed by atoms with Crippen LogP contribution in [0.3, 0.4) is 0 Å². The zero-order chi connectivity index (χ0) is 13.3. The quantitative estimate of drug-likeness (QED) is 0.537. The maximum Gasteiger partial charge on any atom is 0.316 e.